The first-order valence-electron chi connectivity index (χ1n) is 7.84. The summed E-state index contributed by atoms with van der Waals surface area (Å²) in [5.41, 5.74) is 6.67. The van der Waals surface area contributed by atoms with Crippen molar-refractivity contribution in [2.45, 2.75) is 45.3 Å². The molecule has 0 saturated heterocycles. The molecule has 0 atom stereocenters. The Bertz CT molecular complexity index is 428. The lowest BCUT2D eigenvalue weighted by Gasteiger charge is -2.35. The molecule has 116 valence electrons. The van der Waals surface area contributed by atoms with Crippen LogP contribution in [0.5, 0.6) is 0 Å². The van der Waals surface area contributed by atoms with E-state index in [0.29, 0.717) is 25.8 Å². The number of benzene rings is 1. The highest BCUT2D eigenvalue weighted by molar-refractivity contribution is 5.72. The topological polar surface area (TPSA) is 55.6 Å². The van der Waals surface area contributed by atoms with E-state index in [1.54, 1.807) is 4.90 Å². The monoisotopic (exact) mass is 290 g/mol. The molecule has 0 unspecified atom stereocenters. The zero-order valence-corrected chi connectivity index (χ0v) is 12.8. The molecule has 0 radical (unpaired) electrons. The van der Waals surface area contributed by atoms with Crippen LogP contribution in [0.3, 0.4) is 0 Å². The van der Waals surface area contributed by atoms with Gasteiger partial charge in [-0.1, -0.05) is 37.3 Å². The van der Waals surface area contributed by atoms with Gasteiger partial charge >= 0.3 is 6.03 Å². The van der Waals surface area contributed by atoms with Gasteiger partial charge in [-0.2, -0.15) is 0 Å². The first kappa shape index (κ1) is 15.8. The number of urea groups is 1. The summed E-state index contributed by atoms with van der Waals surface area (Å²) in [5, 5.41) is 0. The molecule has 0 spiro atoms. The Labute approximate surface area is 127 Å². The van der Waals surface area contributed by atoms with Gasteiger partial charge in [0.1, 0.15) is 0 Å². The number of carbonyl (C=O) groups is 1. The molecule has 21 heavy (non-hydrogen) atoms. The van der Waals surface area contributed by atoms with Gasteiger partial charge in [0.2, 0.25) is 0 Å². The second kappa shape index (κ2) is 8.03. The molecule has 4 heteroatoms. The van der Waals surface area contributed by atoms with Crippen LogP contribution in [0, 0.1) is 5.92 Å². The minimum atomic E-state index is -0.321. The maximum atomic E-state index is 11.6. The van der Waals surface area contributed by atoms with Crippen LogP contribution in [0.25, 0.3) is 0 Å². The van der Waals surface area contributed by atoms with Crippen molar-refractivity contribution in [2.24, 2.45) is 11.7 Å². The molecule has 1 saturated carbocycles. The van der Waals surface area contributed by atoms with E-state index in [-0.39, 0.29) is 6.03 Å². The molecule has 0 aromatic heterocycles. The zero-order chi connectivity index (χ0) is 15.1. The smallest absolute Gasteiger partial charge is 0.315 e. The average Bonchev–Trinajstić information content (AvgIpc) is 2.49. The fraction of sp³-hybridized carbons (Fsp3) is 0.588. The number of hydrogen-bond donors (Lipinski definition) is 1. The fourth-order valence-corrected chi connectivity index (χ4v) is 2.95. The highest BCUT2D eigenvalue weighted by atomic mass is 16.5. The van der Waals surface area contributed by atoms with Crippen LogP contribution in [0.2, 0.25) is 0 Å². The van der Waals surface area contributed by atoms with Crippen molar-refractivity contribution >= 4 is 6.03 Å². The quantitative estimate of drug-likeness (QED) is 0.818. The van der Waals surface area contributed by atoms with Gasteiger partial charge in [0.15, 0.2) is 0 Å². The largest absolute Gasteiger partial charge is 0.375 e. The molecule has 0 heterocycles. The number of carbonyl (C=O) groups excluding carboxylic acids is 1. The van der Waals surface area contributed by atoms with Gasteiger partial charge in [0.25, 0.3) is 0 Å². The number of hydrogen-bond acceptors (Lipinski definition) is 2. The standard InChI is InChI=1S/C17H26N2O2/c1-14-7-9-16(10-8-14)19(17(18)20)11-12-21-13-15-5-3-2-4-6-15/h2-6,14,16H,7-13H2,1H3,(H2,18,20). The Hall–Kier alpha value is -1.55. The second-order valence-electron chi connectivity index (χ2n) is 5.98. The van der Waals surface area contributed by atoms with E-state index >= 15 is 0 Å². The molecule has 0 bridgehead atoms. The predicted octanol–water partition coefficient (Wildman–Crippen LogP) is 3.16. The van der Waals surface area contributed by atoms with E-state index in [4.69, 9.17) is 10.5 Å². The summed E-state index contributed by atoms with van der Waals surface area (Å²) in [4.78, 5) is 13.4. The minimum Gasteiger partial charge on any atom is -0.375 e. The predicted molar refractivity (Wildman–Crippen MR) is 83.8 cm³/mol. The lowest BCUT2D eigenvalue weighted by Crippen LogP contribution is -2.46. The third-order valence-corrected chi connectivity index (χ3v) is 4.30. The average molecular weight is 290 g/mol. The first-order valence-corrected chi connectivity index (χ1v) is 7.84. The molecule has 4 nitrogen and oxygen atoms in total. The van der Waals surface area contributed by atoms with Gasteiger partial charge in [0, 0.05) is 12.6 Å². The summed E-state index contributed by atoms with van der Waals surface area (Å²) in [6, 6.07) is 10.0. The summed E-state index contributed by atoms with van der Waals surface area (Å²) >= 11 is 0. The van der Waals surface area contributed by atoms with Crippen LogP contribution in [-0.2, 0) is 11.3 Å². The maximum absolute atomic E-state index is 11.6. The van der Waals surface area contributed by atoms with Gasteiger partial charge in [-0.15, -0.1) is 0 Å². The van der Waals surface area contributed by atoms with Crippen LogP contribution in [0.15, 0.2) is 30.3 Å². The van der Waals surface area contributed by atoms with E-state index < -0.39 is 0 Å². The number of rotatable bonds is 6. The summed E-state index contributed by atoms with van der Waals surface area (Å²) in [5.74, 6) is 0.769. The molecule has 2 N–H and O–H groups in total. The van der Waals surface area contributed by atoms with Gasteiger partial charge in [-0.05, 0) is 37.2 Å². The van der Waals surface area contributed by atoms with Crippen LogP contribution >= 0.6 is 0 Å². The van der Waals surface area contributed by atoms with Crippen LogP contribution in [-0.4, -0.2) is 30.1 Å². The maximum Gasteiger partial charge on any atom is 0.315 e. The Morgan fingerprint density at radius 2 is 1.90 bits per heavy atom. The highest BCUT2D eigenvalue weighted by Gasteiger charge is 2.25. The zero-order valence-electron chi connectivity index (χ0n) is 12.8. The number of primary amides is 1. The van der Waals surface area contributed by atoms with Gasteiger partial charge in [-0.3, -0.25) is 0 Å². The molecule has 1 fully saturated rings. The van der Waals surface area contributed by atoms with Crippen molar-refractivity contribution in [3.05, 3.63) is 35.9 Å². The van der Waals surface area contributed by atoms with Crippen molar-refractivity contribution in [1.82, 2.24) is 4.90 Å². The summed E-state index contributed by atoms with van der Waals surface area (Å²) in [6.07, 6.45) is 4.48. The van der Waals surface area contributed by atoms with E-state index in [0.717, 1.165) is 24.3 Å². The molecule has 2 rings (SSSR count). The molecular formula is C17H26N2O2. The summed E-state index contributed by atoms with van der Waals surface area (Å²) < 4.78 is 5.66. The van der Waals surface area contributed by atoms with Crippen molar-refractivity contribution in [1.29, 1.82) is 0 Å². The van der Waals surface area contributed by atoms with Crippen LogP contribution < -0.4 is 5.73 Å². The number of nitrogens with zero attached hydrogens (tertiary/aromatic N) is 1. The number of nitrogens with two attached hydrogens (primary N) is 1. The van der Waals surface area contributed by atoms with E-state index in [9.17, 15) is 4.79 Å². The number of amides is 2. The lowest BCUT2D eigenvalue weighted by molar-refractivity contribution is 0.0802. The van der Waals surface area contributed by atoms with Gasteiger partial charge < -0.3 is 15.4 Å². The number of ether oxygens (including phenoxy) is 1. The molecule has 2 amide bonds. The molecular weight excluding hydrogens is 264 g/mol. The van der Waals surface area contributed by atoms with Crippen molar-refractivity contribution < 1.29 is 9.53 Å². The Morgan fingerprint density at radius 3 is 2.52 bits per heavy atom. The molecule has 1 aliphatic rings. The lowest BCUT2D eigenvalue weighted by atomic mass is 9.86. The Balaban J connectivity index is 1.74. The Kier molecular flexibility index (Phi) is 6.05. The van der Waals surface area contributed by atoms with Crippen molar-refractivity contribution in [3.8, 4) is 0 Å². The van der Waals surface area contributed by atoms with Crippen molar-refractivity contribution in [3.63, 3.8) is 0 Å². The SMILES string of the molecule is CC1CCC(N(CCOCc2ccccc2)C(N)=O)CC1. The van der Waals surface area contributed by atoms with Gasteiger partial charge in [-0.25, -0.2) is 4.79 Å². The summed E-state index contributed by atoms with van der Waals surface area (Å²) in [6.45, 7) is 3.97. The second-order valence-corrected chi connectivity index (χ2v) is 5.98. The third kappa shape index (κ3) is 5.05. The van der Waals surface area contributed by atoms with E-state index in [2.05, 4.69) is 6.92 Å². The fourth-order valence-electron chi connectivity index (χ4n) is 2.95. The molecule has 1 aromatic carbocycles. The van der Waals surface area contributed by atoms with Gasteiger partial charge in [0.05, 0.1) is 13.2 Å². The first-order chi connectivity index (χ1) is 10.2. The molecule has 0 aliphatic heterocycles. The molecule has 1 aromatic rings. The third-order valence-electron chi connectivity index (χ3n) is 4.30. The van der Waals surface area contributed by atoms with E-state index in [1.165, 1.54) is 12.8 Å². The van der Waals surface area contributed by atoms with Crippen molar-refractivity contribution in [2.75, 3.05) is 13.2 Å². The normalized spacial score (nSPS) is 22.0. The molecule has 1 aliphatic carbocycles. The minimum absolute atomic E-state index is 0.291. The highest BCUT2D eigenvalue weighted by Crippen LogP contribution is 2.26. The summed E-state index contributed by atoms with van der Waals surface area (Å²) in [7, 11) is 0. The van der Waals surface area contributed by atoms with Crippen LogP contribution in [0.1, 0.15) is 38.2 Å². The van der Waals surface area contributed by atoms with Crippen LogP contribution in [0.4, 0.5) is 4.79 Å². The Morgan fingerprint density at radius 1 is 1.24 bits per heavy atom. The van der Waals surface area contributed by atoms with E-state index in [1.807, 2.05) is 30.3 Å².